The van der Waals surface area contributed by atoms with Crippen molar-refractivity contribution in [2.24, 2.45) is 0 Å². The fourth-order valence-corrected chi connectivity index (χ4v) is 3.65. The maximum absolute atomic E-state index is 12.0. The second-order valence-electron chi connectivity index (χ2n) is 9.37. The number of carbonyl (C=O) groups is 1. The highest BCUT2D eigenvalue weighted by molar-refractivity contribution is 6.75. The molecular weight excluding hydrogens is 348 g/mol. The van der Waals surface area contributed by atoms with Crippen LogP contribution in [0.15, 0.2) is 0 Å². The first kappa shape index (κ1) is 26.2. The first-order chi connectivity index (χ1) is 12.7. The van der Waals surface area contributed by atoms with Crippen molar-refractivity contribution in [2.45, 2.75) is 136 Å². The molecule has 0 radical (unpaired) electrons. The normalized spacial score (nSPS) is 11.8. The van der Waals surface area contributed by atoms with Gasteiger partial charge in [0.2, 0.25) is 0 Å². The van der Waals surface area contributed by atoms with Crippen LogP contribution in [0, 0.1) is 11.8 Å². The molecule has 0 unspecified atom stereocenters. The van der Waals surface area contributed by atoms with E-state index in [2.05, 4.69) is 52.6 Å². The average Bonchev–Trinajstić information content (AvgIpc) is 2.57. The summed E-state index contributed by atoms with van der Waals surface area (Å²) in [6.45, 7) is 13.0. The Morgan fingerprint density at radius 2 is 1.22 bits per heavy atom. The summed E-state index contributed by atoms with van der Waals surface area (Å²) in [5, 5.41) is 0.0960. The predicted molar refractivity (Wildman–Crippen MR) is 121 cm³/mol. The van der Waals surface area contributed by atoms with E-state index in [4.69, 9.17) is 4.43 Å². The lowest BCUT2D eigenvalue weighted by atomic mass is 10.1. The summed E-state index contributed by atoms with van der Waals surface area (Å²) >= 11 is 0. The van der Waals surface area contributed by atoms with Gasteiger partial charge in [0.25, 0.3) is 14.3 Å². The van der Waals surface area contributed by atoms with Crippen LogP contribution in [0.5, 0.6) is 0 Å². The molecule has 0 amide bonds. The van der Waals surface area contributed by atoms with Gasteiger partial charge in [-0.1, -0.05) is 79.1 Å². The third kappa shape index (κ3) is 14.9. The van der Waals surface area contributed by atoms with Gasteiger partial charge in [-0.05, 0) is 37.4 Å². The molecule has 158 valence electrons. The van der Waals surface area contributed by atoms with Crippen LogP contribution >= 0.6 is 0 Å². The zero-order valence-corrected chi connectivity index (χ0v) is 20.2. The monoisotopic (exact) mass is 394 g/mol. The molecule has 0 spiro atoms. The molecule has 0 aliphatic heterocycles. The van der Waals surface area contributed by atoms with Crippen LogP contribution in [-0.4, -0.2) is 14.3 Å². The van der Waals surface area contributed by atoms with Gasteiger partial charge in [0, 0.05) is 19.3 Å². The molecule has 0 aromatic heterocycles. The van der Waals surface area contributed by atoms with Gasteiger partial charge in [0.05, 0.1) is 0 Å². The molecular formula is C24H46O2Si. The zero-order chi connectivity index (χ0) is 20.6. The van der Waals surface area contributed by atoms with Crippen molar-refractivity contribution in [2.75, 3.05) is 0 Å². The van der Waals surface area contributed by atoms with Crippen LogP contribution in [0.1, 0.15) is 118 Å². The molecule has 0 rings (SSSR count). The molecule has 2 nitrogen and oxygen atoms in total. The van der Waals surface area contributed by atoms with E-state index in [1.165, 1.54) is 57.8 Å². The lowest BCUT2D eigenvalue weighted by molar-refractivity contribution is -0.135. The van der Waals surface area contributed by atoms with E-state index < -0.39 is 8.32 Å². The molecule has 0 saturated heterocycles. The molecule has 27 heavy (non-hydrogen) atoms. The van der Waals surface area contributed by atoms with Gasteiger partial charge in [-0.2, -0.15) is 0 Å². The van der Waals surface area contributed by atoms with Crippen LogP contribution in [0.2, 0.25) is 18.1 Å². The topological polar surface area (TPSA) is 26.3 Å². The summed E-state index contributed by atoms with van der Waals surface area (Å²) in [5.41, 5.74) is 0. The number of rotatable bonds is 14. The molecule has 0 aliphatic carbocycles. The lowest BCUT2D eigenvalue weighted by Crippen LogP contribution is -2.42. The predicted octanol–water partition coefficient (Wildman–Crippen LogP) is 8.02. The SMILES string of the molecule is CCCCCCCCC#CCCCCCCCC(=O)O[Si](C)(C)C(C)(C)C. The number of unbranched alkanes of at least 4 members (excludes halogenated alkanes) is 11. The number of carbonyl (C=O) groups excluding carboxylic acids is 1. The summed E-state index contributed by atoms with van der Waals surface area (Å²) in [6.07, 6.45) is 16.4. The minimum Gasteiger partial charge on any atom is -0.519 e. The summed E-state index contributed by atoms with van der Waals surface area (Å²) in [6, 6.07) is 0. The first-order valence-corrected chi connectivity index (χ1v) is 14.3. The van der Waals surface area contributed by atoms with Gasteiger partial charge in [-0.25, -0.2) is 0 Å². The van der Waals surface area contributed by atoms with Crippen LogP contribution in [0.25, 0.3) is 0 Å². The highest BCUT2D eigenvalue weighted by atomic mass is 28.4. The Labute approximate surface area is 171 Å². The first-order valence-electron chi connectivity index (χ1n) is 11.4. The van der Waals surface area contributed by atoms with Crippen molar-refractivity contribution in [3.05, 3.63) is 0 Å². The number of hydrogen-bond acceptors (Lipinski definition) is 2. The fraction of sp³-hybridized carbons (Fsp3) is 0.875. The zero-order valence-electron chi connectivity index (χ0n) is 19.2. The summed E-state index contributed by atoms with van der Waals surface area (Å²) in [7, 11) is -1.94. The van der Waals surface area contributed by atoms with E-state index in [0.717, 1.165) is 25.7 Å². The second-order valence-corrected chi connectivity index (χ2v) is 14.1. The molecule has 0 N–H and O–H groups in total. The third-order valence-electron chi connectivity index (χ3n) is 5.64. The summed E-state index contributed by atoms with van der Waals surface area (Å²) in [4.78, 5) is 12.0. The van der Waals surface area contributed by atoms with Crippen molar-refractivity contribution in [1.82, 2.24) is 0 Å². The van der Waals surface area contributed by atoms with E-state index in [1.54, 1.807) is 0 Å². The van der Waals surface area contributed by atoms with Gasteiger partial charge in [-0.3, -0.25) is 4.79 Å². The molecule has 0 aromatic rings. The Morgan fingerprint density at radius 3 is 1.70 bits per heavy atom. The Hall–Kier alpha value is -0.753. The molecule has 0 aromatic carbocycles. The molecule has 0 atom stereocenters. The van der Waals surface area contributed by atoms with Gasteiger partial charge in [-0.15, -0.1) is 11.8 Å². The minimum atomic E-state index is -1.94. The Kier molecular flexibility index (Phi) is 14.8. The fourth-order valence-electron chi connectivity index (χ4n) is 2.67. The average molecular weight is 395 g/mol. The van der Waals surface area contributed by atoms with Gasteiger partial charge < -0.3 is 4.43 Å². The van der Waals surface area contributed by atoms with Crippen molar-refractivity contribution in [1.29, 1.82) is 0 Å². The number of hydrogen-bond donors (Lipinski definition) is 0. The Morgan fingerprint density at radius 1 is 0.778 bits per heavy atom. The molecule has 0 saturated carbocycles. The molecule has 0 heterocycles. The third-order valence-corrected chi connectivity index (χ3v) is 9.99. The molecule has 0 fully saturated rings. The van der Waals surface area contributed by atoms with Crippen molar-refractivity contribution >= 4 is 14.3 Å². The van der Waals surface area contributed by atoms with Crippen molar-refractivity contribution in [3.63, 3.8) is 0 Å². The summed E-state index contributed by atoms with van der Waals surface area (Å²) < 4.78 is 5.80. The maximum atomic E-state index is 12.0. The van der Waals surface area contributed by atoms with Crippen LogP contribution in [-0.2, 0) is 9.22 Å². The highest BCUT2D eigenvalue weighted by Crippen LogP contribution is 2.36. The molecule has 0 aliphatic rings. The smallest absolute Gasteiger partial charge is 0.292 e. The largest absolute Gasteiger partial charge is 0.519 e. The summed E-state index contributed by atoms with van der Waals surface area (Å²) in [5.74, 6) is 6.64. The van der Waals surface area contributed by atoms with E-state index in [-0.39, 0.29) is 11.0 Å². The quantitative estimate of drug-likeness (QED) is 0.169. The Balaban J connectivity index is 3.51. The standard InChI is InChI=1S/C24H46O2Si/c1-7-8-9-10-11-12-13-14-15-16-17-18-19-20-21-22-23(25)26-27(5,6)24(2,3)4/h7-13,16-22H2,1-6H3. The molecule has 3 heteroatoms. The van der Waals surface area contributed by atoms with Crippen molar-refractivity contribution < 1.29 is 9.22 Å². The minimum absolute atomic E-state index is 0.00199. The van der Waals surface area contributed by atoms with E-state index >= 15 is 0 Å². The highest BCUT2D eigenvalue weighted by Gasteiger charge is 2.40. The van der Waals surface area contributed by atoms with Crippen molar-refractivity contribution in [3.8, 4) is 11.8 Å². The van der Waals surface area contributed by atoms with Gasteiger partial charge in [0.15, 0.2) is 0 Å². The van der Waals surface area contributed by atoms with Gasteiger partial charge in [0.1, 0.15) is 0 Å². The van der Waals surface area contributed by atoms with E-state index in [0.29, 0.717) is 6.42 Å². The van der Waals surface area contributed by atoms with E-state index in [1.807, 2.05) is 0 Å². The van der Waals surface area contributed by atoms with Crippen LogP contribution < -0.4 is 0 Å². The molecule has 0 bridgehead atoms. The van der Waals surface area contributed by atoms with Crippen LogP contribution in [0.4, 0.5) is 0 Å². The maximum Gasteiger partial charge on any atom is 0.292 e. The lowest BCUT2D eigenvalue weighted by Gasteiger charge is -2.35. The van der Waals surface area contributed by atoms with Crippen LogP contribution in [0.3, 0.4) is 0 Å². The second kappa shape index (κ2) is 15.2. The Bertz CT molecular complexity index is 438. The van der Waals surface area contributed by atoms with Gasteiger partial charge >= 0.3 is 0 Å². The van der Waals surface area contributed by atoms with E-state index in [9.17, 15) is 4.79 Å².